The van der Waals surface area contributed by atoms with Gasteiger partial charge in [-0.05, 0) is 49.7 Å². The highest BCUT2D eigenvalue weighted by molar-refractivity contribution is 7.99. The Bertz CT molecular complexity index is 933. The Kier molecular flexibility index (Phi) is 7.15. The SMILES string of the molecule is CC(NC(C)c1ccccc1Cl)C(=O)Nc1ccccc1Sc1ccccc1. The maximum Gasteiger partial charge on any atom is 0.241 e. The van der Waals surface area contributed by atoms with Gasteiger partial charge < -0.3 is 5.32 Å². The first-order valence-electron chi connectivity index (χ1n) is 9.18. The van der Waals surface area contributed by atoms with Crippen LogP contribution in [0.15, 0.2) is 88.7 Å². The van der Waals surface area contributed by atoms with Gasteiger partial charge in [0.25, 0.3) is 0 Å². The minimum atomic E-state index is -0.374. The number of hydrogen-bond acceptors (Lipinski definition) is 3. The normalized spacial score (nSPS) is 13.0. The predicted molar refractivity (Wildman–Crippen MR) is 118 cm³/mol. The van der Waals surface area contributed by atoms with Crippen LogP contribution in [0.25, 0.3) is 0 Å². The van der Waals surface area contributed by atoms with Gasteiger partial charge in [-0.1, -0.05) is 71.9 Å². The Morgan fingerprint density at radius 1 is 0.893 bits per heavy atom. The lowest BCUT2D eigenvalue weighted by atomic mass is 10.1. The molecule has 3 aromatic carbocycles. The lowest BCUT2D eigenvalue weighted by molar-refractivity contribution is -0.118. The van der Waals surface area contributed by atoms with E-state index in [2.05, 4.69) is 22.8 Å². The molecule has 0 aliphatic heterocycles. The van der Waals surface area contributed by atoms with E-state index in [-0.39, 0.29) is 18.0 Å². The van der Waals surface area contributed by atoms with Crippen LogP contribution in [0.1, 0.15) is 25.5 Å². The second-order valence-electron chi connectivity index (χ2n) is 6.53. The van der Waals surface area contributed by atoms with Gasteiger partial charge in [-0.2, -0.15) is 0 Å². The van der Waals surface area contributed by atoms with Gasteiger partial charge in [0.05, 0.1) is 11.7 Å². The molecule has 0 radical (unpaired) electrons. The number of halogens is 1. The van der Waals surface area contributed by atoms with Gasteiger partial charge in [-0.15, -0.1) is 0 Å². The van der Waals surface area contributed by atoms with Gasteiger partial charge in [0.1, 0.15) is 0 Å². The van der Waals surface area contributed by atoms with Crippen LogP contribution in [0.4, 0.5) is 5.69 Å². The maximum atomic E-state index is 12.8. The van der Waals surface area contributed by atoms with Crippen molar-refractivity contribution in [3.63, 3.8) is 0 Å². The standard InChI is InChI=1S/C23H23ClN2OS/c1-16(19-12-6-7-13-20(19)24)25-17(2)23(27)26-21-14-8-9-15-22(21)28-18-10-4-3-5-11-18/h3-17,25H,1-2H3,(H,26,27). The Hall–Kier alpha value is -2.27. The Morgan fingerprint density at radius 3 is 2.29 bits per heavy atom. The van der Waals surface area contributed by atoms with E-state index >= 15 is 0 Å². The monoisotopic (exact) mass is 410 g/mol. The molecule has 3 nitrogen and oxygen atoms in total. The first-order chi connectivity index (χ1) is 13.5. The number of rotatable bonds is 7. The smallest absolute Gasteiger partial charge is 0.241 e. The molecular formula is C23H23ClN2OS. The Balaban J connectivity index is 1.66. The Labute approximate surface area is 175 Å². The number of para-hydroxylation sites is 1. The zero-order valence-electron chi connectivity index (χ0n) is 15.9. The second-order valence-corrected chi connectivity index (χ2v) is 8.05. The van der Waals surface area contributed by atoms with Crippen LogP contribution in [-0.4, -0.2) is 11.9 Å². The molecule has 2 unspecified atom stereocenters. The van der Waals surface area contributed by atoms with Crippen molar-refractivity contribution in [2.45, 2.75) is 35.7 Å². The van der Waals surface area contributed by atoms with Gasteiger partial charge in [-0.3, -0.25) is 10.1 Å². The van der Waals surface area contributed by atoms with Crippen molar-refractivity contribution in [3.8, 4) is 0 Å². The predicted octanol–water partition coefficient (Wildman–Crippen LogP) is 6.17. The zero-order valence-corrected chi connectivity index (χ0v) is 17.4. The van der Waals surface area contributed by atoms with Gasteiger partial charge in [0.2, 0.25) is 5.91 Å². The molecule has 144 valence electrons. The van der Waals surface area contributed by atoms with Crippen molar-refractivity contribution in [1.29, 1.82) is 0 Å². The topological polar surface area (TPSA) is 41.1 Å². The van der Waals surface area contributed by atoms with E-state index in [0.29, 0.717) is 5.02 Å². The average molecular weight is 411 g/mol. The van der Waals surface area contributed by atoms with Crippen LogP contribution in [0.2, 0.25) is 5.02 Å². The van der Waals surface area contributed by atoms with Gasteiger partial charge in [0.15, 0.2) is 0 Å². The van der Waals surface area contributed by atoms with Crippen LogP contribution >= 0.6 is 23.4 Å². The third-order valence-corrected chi connectivity index (χ3v) is 5.81. The quantitative estimate of drug-likeness (QED) is 0.489. The highest BCUT2D eigenvalue weighted by Gasteiger charge is 2.18. The minimum Gasteiger partial charge on any atom is -0.324 e. The molecule has 5 heteroatoms. The summed E-state index contributed by atoms with van der Waals surface area (Å²) < 4.78 is 0. The van der Waals surface area contributed by atoms with E-state index in [9.17, 15) is 4.79 Å². The molecule has 0 bridgehead atoms. The highest BCUT2D eigenvalue weighted by atomic mass is 35.5. The summed E-state index contributed by atoms with van der Waals surface area (Å²) >= 11 is 7.89. The molecule has 0 heterocycles. The number of hydrogen-bond donors (Lipinski definition) is 2. The summed E-state index contributed by atoms with van der Waals surface area (Å²) in [6.45, 7) is 3.86. The van der Waals surface area contributed by atoms with Crippen LogP contribution < -0.4 is 10.6 Å². The summed E-state index contributed by atoms with van der Waals surface area (Å²) in [7, 11) is 0. The summed E-state index contributed by atoms with van der Waals surface area (Å²) in [4.78, 5) is 14.9. The molecule has 0 spiro atoms. The fourth-order valence-corrected chi connectivity index (χ4v) is 4.10. The molecule has 0 fully saturated rings. The van der Waals surface area contributed by atoms with Crippen molar-refractivity contribution >= 4 is 35.0 Å². The summed E-state index contributed by atoms with van der Waals surface area (Å²) in [5, 5.41) is 7.06. The molecule has 0 aliphatic rings. The fraction of sp³-hybridized carbons (Fsp3) is 0.174. The molecule has 1 amide bonds. The second kappa shape index (κ2) is 9.78. The third-order valence-electron chi connectivity index (χ3n) is 4.38. The molecular weight excluding hydrogens is 388 g/mol. The first kappa shape index (κ1) is 20.5. The lowest BCUT2D eigenvalue weighted by Crippen LogP contribution is -2.39. The molecule has 28 heavy (non-hydrogen) atoms. The van der Waals surface area contributed by atoms with Crippen LogP contribution in [0.5, 0.6) is 0 Å². The number of carbonyl (C=O) groups excluding carboxylic acids is 1. The number of amides is 1. The molecule has 2 N–H and O–H groups in total. The fourth-order valence-electron chi connectivity index (χ4n) is 2.88. The summed E-state index contributed by atoms with van der Waals surface area (Å²) in [6, 6.07) is 25.2. The molecule has 3 rings (SSSR count). The van der Waals surface area contributed by atoms with Crippen LogP contribution in [0.3, 0.4) is 0 Å². The lowest BCUT2D eigenvalue weighted by Gasteiger charge is -2.21. The van der Waals surface area contributed by atoms with E-state index in [1.54, 1.807) is 11.8 Å². The van der Waals surface area contributed by atoms with E-state index in [4.69, 9.17) is 11.6 Å². The maximum absolute atomic E-state index is 12.8. The van der Waals surface area contributed by atoms with Gasteiger partial charge >= 0.3 is 0 Å². The molecule has 0 saturated heterocycles. The van der Waals surface area contributed by atoms with Crippen molar-refractivity contribution in [3.05, 3.63) is 89.4 Å². The van der Waals surface area contributed by atoms with Gasteiger partial charge in [-0.25, -0.2) is 0 Å². The van der Waals surface area contributed by atoms with Crippen molar-refractivity contribution in [2.75, 3.05) is 5.32 Å². The number of nitrogens with one attached hydrogen (secondary N) is 2. The molecule has 0 saturated carbocycles. The van der Waals surface area contributed by atoms with Gasteiger partial charge in [0, 0.05) is 20.9 Å². The molecule has 0 aliphatic carbocycles. The summed E-state index contributed by atoms with van der Waals surface area (Å²) in [5.41, 5.74) is 1.78. The number of carbonyl (C=O) groups is 1. The number of anilines is 1. The van der Waals surface area contributed by atoms with Crippen LogP contribution in [-0.2, 0) is 4.79 Å². The average Bonchev–Trinajstić information content (AvgIpc) is 2.70. The Morgan fingerprint density at radius 2 is 1.54 bits per heavy atom. The minimum absolute atomic E-state index is 0.0385. The summed E-state index contributed by atoms with van der Waals surface area (Å²) in [6.07, 6.45) is 0. The zero-order chi connectivity index (χ0) is 19.9. The largest absolute Gasteiger partial charge is 0.324 e. The highest BCUT2D eigenvalue weighted by Crippen LogP contribution is 2.33. The van der Waals surface area contributed by atoms with Crippen molar-refractivity contribution in [1.82, 2.24) is 5.32 Å². The van der Waals surface area contributed by atoms with Crippen molar-refractivity contribution in [2.24, 2.45) is 0 Å². The van der Waals surface area contributed by atoms with E-state index in [0.717, 1.165) is 21.0 Å². The molecule has 0 aromatic heterocycles. The molecule has 3 aromatic rings. The van der Waals surface area contributed by atoms with E-state index in [1.807, 2.05) is 80.6 Å². The van der Waals surface area contributed by atoms with Crippen molar-refractivity contribution < 1.29 is 4.79 Å². The number of benzene rings is 3. The third kappa shape index (κ3) is 5.38. The van der Waals surface area contributed by atoms with Crippen LogP contribution in [0, 0.1) is 0 Å². The van der Waals surface area contributed by atoms with E-state index in [1.165, 1.54) is 0 Å². The summed E-state index contributed by atoms with van der Waals surface area (Å²) in [5.74, 6) is -0.0833. The van der Waals surface area contributed by atoms with E-state index < -0.39 is 0 Å². The molecule has 2 atom stereocenters. The first-order valence-corrected chi connectivity index (χ1v) is 10.4.